The minimum atomic E-state index is -4.13. The molecule has 3 aliphatic rings. The van der Waals surface area contributed by atoms with E-state index in [4.69, 9.17) is 0 Å². The molecule has 0 spiro atoms. The summed E-state index contributed by atoms with van der Waals surface area (Å²) in [6.45, 7) is 0. The lowest BCUT2D eigenvalue weighted by Gasteiger charge is -2.71. The molecular weight excluding hydrogens is 292 g/mol. The Labute approximate surface area is 125 Å². The van der Waals surface area contributed by atoms with Crippen LogP contribution in [0.3, 0.4) is 0 Å². The van der Waals surface area contributed by atoms with Crippen molar-refractivity contribution < 1.29 is 17.6 Å². The van der Waals surface area contributed by atoms with Crippen LogP contribution in [-0.2, 0) is 5.41 Å². The van der Waals surface area contributed by atoms with Crippen LogP contribution in [0, 0.1) is 11.2 Å². The lowest BCUT2D eigenvalue weighted by atomic mass is 9.33. The fourth-order valence-corrected chi connectivity index (χ4v) is 4.09. The second-order valence-corrected chi connectivity index (χ2v) is 6.65. The predicted molar refractivity (Wildman–Crippen MR) is 75.9 cm³/mol. The molecule has 3 fully saturated rings. The maximum atomic E-state index is 14.4. The zero-order chi connectivity index (χ0) is 15.6. The summed E-state index contributed by atoms with van der Waals surface area (Å²) in [4.78, 5) is 0. The summed E-state index contributed by atoms with van der Waals surface area (Å²) < 4.78 is 53.0. The molecule has 0 aromatic heterocycles. The highest BCUT2D eigenvalue weighted by atomic mass is 19.4. The van der Waals surface area contributed by atoms with E-state index in [0.717, 1.165) is 5.56 Å². The van der Waals surface area contributed by atoms with Gasteiger partial charge in [-0.1, -0.05) is 42.5 Å². The SMILES string of the molecule is Fc1cc(C23CC(C(F)(F)F)(C2)C3)ccc1-c1ccccc1. The van der Waals surface area contributed by atoms with Crippen molar-refractivity contribution in [2.24, 2.45) is 5.41 Å². The predicted octanol–water partition coefficient (Wildman–Crippen LogP) is 5.48. The summed E-state index contributed by atoms with van der Waals surface area (Å²) in [6, 6.07) is 14.0. The molecule has 2 aromatic rings. The van der Waals surface area contributed by atoms with Crippen LogP contribution in [0.2, 0.25) is 0 Å². The summed E-state index contributed by atoms with van der Waals surface area (Å²) >= 11 is 0. The van der Waals surface area contributed by atoms with E-state index < -0.39 is 17.0 Å². The third kappa shape index (κ3) is 1.70. The Kier molecular flexibility index (Phi) is 2.58. The van der Waals surface area contributed by atoms with Crippen LogP contribution < -0.4 is 0 Å². The van der Waals surface area contributed by atoms with E-state index in [-0.39, 0.29) is 25.1 Å². The summed E-state index contributed by atoms with van der Waals surface area (Å²) in [5, 5.41) is 0. The van der Waals surface area contributed by atoms with E-state index in [0.29, 0.717) is 11.1 Å². The number of rotatable bonds is 2. The summed E-state index contributed by atoms with van der Waals surface area (Å²) in [5.41, 5.74) is 0.0147. The van der Waals surface area contributed by atoms with Crippen LogP contribution in [0.5, 0.6) is 0 Å². The summed E-state index contributed by atoms with van der Waals surface area (Å²) in [7, 11) is 0. The molecule has 4 heteroatoms. The molecule has 0 radical (unpaired) electrons. The van der Waals surface area contributed by atoms with Crippen molar-refractivity contribution in [3.8, 4) is 11.1 Å². The zero-order valence-electron chi connectivity index (χ0n) is 11.8. The molecule has 0 aliphatic heterocycles. The first-order chi connectivity index (χ1) is 10.4. The monoisotopic (exact) mass is 306 g/mol. The summed E-state index contributed by atoms with van der Waals surface area (Å²) in [6.07, 6.45) is -3.81. The highest BCUT2D eigenvalue weighted by Gasteiger charge is 2.78. The smallest absolute Gasteiger partial charge is 0.206 e. The van der Waals surface area contributed by atoms with E-state index in [1.807, 2.05) is 30.3 Å². The number of hydrogen-bond acceptors (Lipinski definition) is 0. The first kappa shape index (κ1) is 13.8. The standard InChI is InChI=1S/C18H14F4/c19-15-8-13(6-7-14(15)12-4-2-1-3-5-12)16-9-17(10-16,11-16)18(20,21)22/h1-8H,9-11H2. The molecule has 0 atom stereocenters. The van der Waals surface area contributed by atoms with Crippen molar-refractivity contribution in [2.75, 3.05) is 0 Å². The Morgan fingerprint density at radius 3 is 2.05 bits per heavy atom. The van der Waals surface area contributed by atoms with Crippen LogP contribution in [0.25, 0.3) is 11.1 Å². The molecule has 3 saturated carbocycles. The average molecular weight is 306 g/mol. The third-order valence-electron chi connectivity index (χ3n) is 5.30. The van der Waals surface area contributed by atoms with Gasteiger partial charge in [0.1, 0.15) is 5.82 Å². The second kappa shape index (κ2) is 4.12. The fraction of sp³-hybridized carbons (Fsp3) is 0.333. The molecular formula is C18H14F4. The number of alkyl halides is 3. The van der Waals surface area contributed by atoms with Gasteiger partial charge >= 0.3 is 6.18 Å². The van der Waals surface area contributed by atoms with Crippen LogP contribution in [0.15, 0.2) is 48.5 Å². The van der Waals surface area contributed by atoms with Gasteiger partial charge in [0.2, 0.25) is 0 Å². The quantitative estimate of drug-likeness (QED) is 0.645. The molecule has 3 aliphatic carbocycles. The highest BCUT2D eigenvalue weighted by Crippen LogP contribution is 2.78. The first-order valence-corrected chi connectivity index (χ1v) is 7.28. The van der Waals surface area contributed by atoms with Crippen molar-refractivity contribution in [3.05, 3.63) is 59.9 Å². The lowest BCUT2D eigenvalue weighted by molar-refractivity contribution is -0.337. The van der Waals surface area contributed by atoms with E-state index in [1.54, 1.807) is 12.1 Å². The van der Waals surface area contributed by atoms with Gasteiger partial charge in [0.15, 0.2) is 0 Å². The molecule has 0 heterocycles. The van der Waals surface area contributed by atoms with Gasteiger partial charge < -0.3 is 0 Å². The Hall–Kier alpha value is -1.84. The molecule has 0 amide bonds. The third-order valence-corrected chi connectivity index (χ3v) is 5.30. The van der Waals surface area contributed by atoms with Crippen molar-refractivity contribution in [1.82, 2.24) is 0 Å². The first-order valence-electron chi connectivity index (χ1n) is 7.28. The van der Waals surface area contributed by atoms with E-state index in [1.165, 1.54) is 6.07 Å². The van der Waals surface area contributed by atoms with Crippen molar-refractivity contribution in [3.63, 3.8) is 0 Å². The van der Waals surface area contributed by atoms with Crippen LogP contribution in [-0.4, -0.2) is 6.18 Å². The number of benzene rings is 2. The van der Waals surface area contributed by atoms with Crippen LogP contribution in [0.1, 0.15) is 24.8 Å². The zero-order valence-corrected chi connectivity index (χ0v) is 11.8. The van der Waals surface area contributed by atoms with Gasteiger partial charge in [-0.2, -0.15) is 13.2 Å². The number of halogens is 4. The van der Waals surface area contributed by atoms with Crippen LogP contribution in [0.4, 0.5) is 17.6 Å². The minimum absolute atomic E-state index is 0.105. The van der Waals surface area contributed by atoms with Crippen molar-refractivity contribution >= 4 is 0 Å². The van der Waals surface area contributed by atoms with E-state index >= 15 is 0 Å². The van der Waals surface area contributed by atoms with Gasteiger partial charge in [0, 0.05) is 5.56 Å². The van der Waals surface area contributed by atoms with Gasteiger partial charge in [-0.15, -0.1) is 0 Å². The topological polar surface area (TPSA) is 0 Å². The molecule has 0 nitrogen and oxygen atoms in total. The second-order valence-electron chi connectivity index (χ2n) is 6.65. The van der Waals surface area contributed by atoms with Crippen LogP contribution >= 0.6 is 0 Å². The lowest BCUT2D eigenvalue weighted by Crippen LogP contribution is -2.70. The Bertz CT molecular complexity index is 711. The van der Waals surface area contributed by atoms with Gasteiger partial charge in [-0.25, -0.2) is 4.39 Å². The van der Waals surface area contributed by atoms with E-state index in [9.17, 15) is 17.6 Å². The molecule has 2 aromatic carbocycles. The highest BCUT2D eigenvalue weighted by molar-refractivity contribution is 5.65. The average Bonchev–Trinajstić information content (AvgIpc) is 2.35. The van der Waals surface area contributed by atoms with Gasteiger partial charge in [0.05, 0.1) is 5.41 Å². The molecule has 0 saturated heterocycles. The maximum absolute atomic E-state index is 14.4. The Balaban J connectivity index is 1.61. The maximum Gasteiger partial charge on any atom is 0.394 e. The number of hydrogen-bond donors (Lipinski definition) is 0. The molecule has 2 bridgehead atoms. The van der Waals surface area contributed by atoms with E-state index in [2.05, 4.69) is 0 Å². The summed E-state index contributed by atoms with van der Waals surface area (Å²) in [5.74, 6) is -0.366. The van der Waals surface area contributed by atoms with Crippen molar-refractivity contribution in [1.29, 1.82) is 0 Å². The molecule has 0 unspecified atom stereocenters. The molecule has 114 valence electrons. The molecule has 22 heavy (non-hydrogen) atoms. The Morgan fingerprint density at radius 2 is 1.50 bits per heavy atom. The Morgan fingerprint density at radius 1 is 0.864 bits per heavy atom. The molecule has 5 rings (SSSR count). The largest absolute Gasteiger partial charge is 0.394 e. The minimum Gasteiger partial charge on any atom is -0.206 e. The molecule has 0 N–H and O–H groups in total. The van der Waals surface area contributed by atoms with Gasteiger partial charge in [-0.05, 0) is 41.9 Å². The normalized spacial score (nSPS) is 29.6. The van der Waals surface area contributed by atoms with Crippen molar-refractivity contribution in [2.45, 2.75) is 30.9 Å². The van der Waals surface area contributed by atoms with Gasteiger partial charge in [0.25, 0.3) is 0 Å². The van der Waals surface area contributed by atoms with Gasteiger partial charge in [-0.3, -0.25) is 0 Å². The fourth-order valence-electron chi connectivity index (χ4n) is 4.09.